The van der Waals surface area contributed by atoms with E-state index in [4.69, 9.17) is 0 Å². The van der Waals surface area contributed by atoms with Gasteiger partial charge in [0.25, 0.3) is 10.0 Å². The zero-order chi connectivity index (χ0) is 10.8. The van der Waals surface area contributed by atoms with Crippen molar-refractivity contribution in [1.29, 1.82) is 0 Å². The molecule has 1 aromatic rings. The van der Waals surface area contributed by atoms with Crippen molar-refractivity contribution in [3.63, 3.8) is 0 Å². The topological polar surface area (TPSA) is 55.4 Å². The molecule has 0 radical (unpaired) electrons. The lowest BCUT2D eigenvalue weighted by Crippen LogP contribution is -2.23. The predicted molar refractivity (Wildman–Crippen MR) is 53.2 cm³/mol. The van der Waals surface area contributed by atoms with E-state index in [-0.39, 0.29) is 4.90 Å². The van der Waals surface area contributed by atoms with Gasteiger partial charge in [-0.3, -0.25) is 4.84 Å². The molecule has 0 aliphatic heterocycles. The van der Waals surface area contributed by atoms with Gasteiger partial charge < -0.3 is 0 Å². The Morgan fingerprint density at radius 2 is 1.93 bits per heavy atom. The molecular weight excluding hydrogens is 202 g/mol. The Morgan fingerprint density at radius 1 is 1.29 bits per heavy atom. The van der Waals surface area contributed by atoms with Gasteiger partial charge in [0.1, 0.15) is 0 Å². The number of benzene rings is 1. The molecule has 0 aliphatic rings. The molecule has 0 aromatic heterocycles. The van der Waals surface area contributed by atoms with Crippen LogP contribution >= 0.6 is 0 Å². The van der Waals surface area contributed by atoms with Crippen molar-refractivity contribution >= 4 is 10.0 Å². The van der Waals surface area contributed by atoms with Gasteiger partial charge in [0.2, 0.25) is 0 Å². The Morgan fingerprint density at radius 3 is 2.50 bits per heavy atom. The van der Waals surface area contributed by atoms with Crippen LogP contribution in [-0.4, -0.2) is 15.5 Å². The normalized spacial score (nSPS) is 11.6. The number of sulfonamides is 1. The standard InChI is InChI=1S/C9H13NO3S/c1-7-4-5-8(2)9(6-7)14(11,12)10-13-3/h4-6,10H,1-3H3. The Labute approximate surface area is 83.9 Å². The van der Waals surface area contributed by atoms with E-state index in [0.29, 0.717) is 5.56 Å². The van der Waals surface area contributed by atoms with Gasteiger partial charge >= 0.3 is 0 Å². The lowest BCUT2D eigenvalue weighted by molar-refractivity contribution is 0.153. The molecule has 14 heavy (non-hydrogen) atoms. The molecule has 0 fully saturated rings. The van der Waals surface area contributed by atoms with Gasteiger partial charge in [-0.1, -0.05) is 17.0 Å². The van der Waals surface area contributed by atoms with Crippen molar-refractivity contribution in [2.75, 3.05) is 7.11 Å². The highest BCUT2D eigenvalue weighted by Gasteiger charge is 2.15. The molecule has 0 unspecified atom stereocenters. The van der Waals surface area contributed by atoms with Gasteiger partial charge in [0, 0.05) is 0 Å². The van der Waals surface area contributed by atoms with Crippen LogP contribution in [0.3, 0.4) is 0 Å². The minimum atomic E-state index is -3.54. The summed E-state index contributed by atoms with van der Waals surface area (Å²) in [6.45, 7) is 3.58. The quantitative estimate of drug-likeness (QED) is 0.769. The number of hydrogen-bond acceptors (Lipinski definition) is 3. The minimum absolute atomic E-state index is 0.249. The molecule has 0 saturated heterocycles. The summed E-state index contributed by atoms with van der Waals surface area (Å²) in [5.74, 6) is 0. The minimum Gasteiger partial charge on any atom is -0.290 e. The van der Waals surface area contributed by atoms with Gasteiger partial charge in [-0.15, -0.1) is 0 Å². The fourth-order valence-corrected chi connectivity index (χ4v) is 2.29. The van der Waals surface area contributed by atoms with E-state index < -0.39 is 10.0 Å². The summed E-state index contributed by atoms with van der Waals surface area (Å²) in [7, 11) is -2.27. The number of rotatable bonds is 3. The second kappa shape index (κ2) is 4.08. The van der Waals surface area contributed by atoms with Gasteiger partial charge in [0.15, 0.2) is 0 Å². The Balaban J connectivity index is 3.25. The Hall–Kier alpha value is -0.910. The zero-order valence-corrected chi connectivity index (χ0v) is 9.18. The first-order valence-corrected chi connectivity index (χ1v) is 5.58. The Kier molecular flexibility index (Phi) is 3.25. The van der Waals surface area contributed by atoms with E-state index >= 15 is 0 Å². The number of hydrogen-bond donors (Lipinski definition) is 1. The molecule has 0 heterocycles. The maximum absolute atomic E-state index is 11.6. The van der Waals surface area contributed by atoms with E-state index in [0.717, 1.165) is 5.56 Å². The van der Waals surface area contributed by atoms with Crippen LogP contribution in [0.15, 0.2) is 23.1 Å². The summed E-state index contributed by atoms with van der Waals surface area (Å²) in [5.41, 5.74) is 1.59. The van der Waals surface area contributed by atoms with Crippen molar-refractivity contribution in [1.82, 2.24) is 4.89 Å². The highest BCUT2D eigenvalue weighted by atomic mass is 32.2. The average molecular weight is 215 g/mol. The second-order valence-corrected chi connectivity index (χ2v) is 4.67. The van der Waals surface area contributed by atoms with Crippen LogP contribution in [0.1, 0.15) is 11.1 Å². The van der Waals surface area contributed by atoms with Gasteiger partial charge in [0.05, 0.1) is 12.0 Å². The molecule has 4 nitrogen and oxygen atoms in total. The van der Waals surface area contributed by atoms with E-state index in [1.54, 1.807) is 19.1 Å². The van der Waals surface area contributed by atoms with Crippen LogP contribution in [0.25, 0.3) is 0 Å². The van der Waals surface area contributed by atoms with Crippen molar-refractivity contribution in [3.05, 3.63) is 29.3 Å². The SMILES string of the molecule is CONS(=O)(=O)c1cc(C)ccc1C. The van der Waals surface area contributed by atoms with E-state index in [2.05, 4.69) is 4.84 Å². The molecule has 1 aromatic carbocycles. The second-order valence-electron chi connectivity index (χ2n) is 3.06. The van der Waals surface area contributed by atoms with E-state index in [1.165, 1.54) is 7.11 Å². The van der Waals surface area contributed by atoms with Crippen LogP contribution < -0.4 is 4.89 Å². The van der Waals surface area contributed by atoms with E-state index in [9.17, 15) is 8.42 Å². The van der Waals surface area contributed by atoms with Gasteiger partial charge in [-0.05, 0) is 31.0 Å². The first kappa shape index (κ1) is 11.2. The Bertz CT molecular complexity index is 426. The van der Waals surface area contributed by atoms with E-state index in [1.807, 2.05) is 17.9 Å². The van der Waals surface area contributed by atoms with Gasteiger partial charge in [-0.2, -0.15) is 0 Å². The summed E-state index contributed by atoms with van der Waals surface area (Å²) in [6.07, 6.45) is 0. The highest BCUT2D eigenvalue weighted by molar-refractivity contribution is 7.89. The maximum Gasteiger partial charge on any atom is 0.262 e. The molecule has 78 valence electrons. The van der Waals surface area contributed by atoms with Crippen LogP contribution in [0, 0.1) is 13.8 Å². The fourth-order valence-electron chi connectivity index (χ4n) is 1.15. The molecule has 0 amide bonds. The van der Waals surface area contributed by atoms with Crippen molar-refractivity contribution in [2.24, 2.45) is 0 Å². The number of aryl methyl sites for hydroxylation is 2. The summed E-state index contributed by atoms with van der Waals surface area (Å²) in [6, 6.07) is 5.23. The first-order chi connectivity index (χ1) is 6.47. The summed E-state index contributed by atoms with van der Waals surface area (Å²) in [5, 5.41) is 0. The lowest BCUT2D eigenvalue weighted by atomic mass is 10.2. The van der Waals surface area contributed by atoms with Gasteiger partial charge in [-0.25, -0.2) is 8.42 Å². The van der Waals surface area contributed by atoms with Crippen LogP contribution in [0.5, 0.6) is 0 Å². The molecule has 1 rings (SSSR count). The van der Waals surface area contributed by atoms with Crippen LogP contribution in [-0.2, 0) is 14.9 Å². The summed E-state index contributed by atoms with van der Waals surface area (Å²) >= 11 is 0. The third kappa shape index (κ3) is 2.31. The number of nitrogens with one attached hydrogen (secondary N) is 1. The first-order valence-electron chi connectivity index (χ1n) is 4.09. The zero-order valence-electron chi connectivity index (χ0n) is 8.37. The van der Waals surface area contributed by atoms with Crippen molar-refractivity contribution in [3.8, 4) is 0 Å². The predicted octanol–water partition coefficient (Wildman–Crippen LogP) is 1.14. The fraction of sp³-hybridized carbons (Fsp3) is 0.333. The maximum atomic E-state index is 11.6. The third-order valence-electron chi connectivity index (χ3n) is 1.83. The molecule has 0 saturated carbocycles. The smallest absolute Gasteiger partial charge is 0.262 e. The molecule has 1 N–H and O–H groups in total. The molecule has 0 atom stereocenters. The molecule has 0 spiro atoms. The average Bonchev–Trinajstić information content (AvgIpc) is 2.09. The summed E-state index contributed by atoms with van der Waals surface area (Å²) in [4.78, 5) is 6.65. The molecule has 0 aliphatic carbocycles. The molecular formula is C9H13NO3S. The highest BCUT2D eigenvalue weighted by Crippen LogP contribution is 2.16. The third-order valence-corrected chi connectivity index (χ3v) is 3.23. The van der Waals surface area contributed by atoms with Crippen molar-refractivity contribution in [2.45, 2.75) is 18.7 Å². The van der Waals surface area contributed by atoms with Crippen molar-refractivity contribution < 1.29 is 13.3 Å². The summed E-state index contributed by atoms with van der Waals surface area (Å²) < 4.78 is 23.1. The monoisotopic (exact) mass is 215 g/mol. The molecule has 0 bridgehead atoms. The molecule has 5 heteroatoms. The lowest BCUT2D eigenvalue weighted by Gasteiger charge is -2.07. The van der Waals surface area contributed by atoms with Crippen LogP contribution in [0.2, 0.25) is 0 Å². The largest absolute Gasteiger partial charge is 0.290 e. The van der Waals surface area contributed by atoms with Crippen LogP contribution in [0.4, 0.5) is 0 Å².